The molecule has 24 heavy (non-hydrogen) atoms. The number of carbonyl (C=O) groups excluding carboxylic acids is 1. The molecule has 0 spiro atoms. The van der Waals surface area contributed by atoms with E-state index in [0.717, 1.165) is 31.6 Å². The molecule has 0 aliphatic carbocycles. The van der Waals surface area contributed by atoms with Gasteiger partial charge in [-0.25, -0.2) is 0 Å². The van der Waals surface area contributed by atoms with Gasteiger partial charge in [0.1, 0.15) is 0 Å². The van der Waals surface area contributed by atoms with E-state index in [1.807, 2.05) is 31.3 Å². The number of hydrogen-bond donors (Lipinski definition) is 1. The Morgan fingerprint density at radius 1 is 1.42 bits per heavy atom. The van der Waals surface area contributed by atoms with Gasteiger partial charge in [0.25, 0.3) is 5.91 Å². The molecule has 2 aromatic rings. The van der Waals surface area contributed by atoms with E-state index < -0.39 is 0 Å². The second kappa shape index (κ2) is 7.77. The SMILES string of the molecule is Cc1ccc(C(=O)NC[C@@H]2CCN(Cc3cccnc3)C2)cc1Cl. The molecule has 1 saturated heterocycles. The molecule has 1 aliphatic rings. The van der Waals surface area contributed by atoms with Gasteiger partial charge >= 0.3 is 0 Å². The second-order valence-electron chi connectivity index (χ2n) is 6.43. The largest absolute Gasteiger partial charge is 0.352 e. The Morgan fingerprint density at radius 3 is 3.04 bits per heavy atom. The Labute approximate surface area is 147 Å². The Hall–Kier alpha value is -1.91. The zero-order valence-electron chi connectivity index (χ0n) is 13.8. The van der Waals surface area contributed by atoms with E-state index in [0.29, 0.717) is 23.0 Å². The summed E-state index contributed by atoms with van der Waals surface area (Å²) in [6.45, 7) is 5.62. The maximum atomic E-state index is 12.2. The molecule has 0 bridgehead atoms. The highest BCUT2D eigenvalue weighted by Crippen LogP contribution is 2.19. The summed E-state index contributed by atoms with van der Waals surface area (Å²) in [5.41, 5.74) is 2.84. The van der Waals surface area contributed by atoms with E-state index in [4.69, 9.17) is 11.6 Å². The molecule has 3 rings (SSSR count). The minimum Gasteiger partial charge on any atom is -0.352 e. The van der Waals surface area contributed by atoms with Gasteiger partial charge in [-0.1, -0.05) is 23.7 Å². The van der Waals surface area contributed by atoms with Crippen LogP contribution in [0.4, 0.5) is 0 Å². The molecule has 0 radical (unpaired) electrons. The van der Waals surface area contributed by atoms with Gasteiger partial charge in [-0.15, -0.1) is 0 Å². The first-order chi connectivity index (χ1) is 11.6. The van der Waals surface area contributed by atoms with E-state index in [9.17, 15) is 4.79 Å². The number of aromatic nitrogens is 1. The number of likely N-dealkylation sites (tertiary alicyclic amines) is 1. The minimum absolute atomic E-state index is 0.0531. The average Bonchev–Trinajstić information content (AvgIpc) is 3.03. The summed E-state index contributed by atoms with van der Waals surface area (Å²) in [6.07, 6.45) is 4.81. The fourth-order valence-corrected chi connectivity index (χ4v) is 3.23. The summed E-state index contributed by atoms with van der Waals surface area (Å²) in [6, 6.07) is 9.50. The van der Waals surface area contributed by atoms with Crippen LogP contribution < -0.4 is 5.32 Å². The second-order valence-corrected chi connectivity index (χ2v) is 6.83. The van der Waals surface area contributed by atoms with E-state index in [-0.39, 0.29) is 5.91 Å². The quantitative estimate of drug-likeness (QED) is 0.906. The molecule has 1 aliphatic heterocycles. The number of rotatable bonds is 5. The standard InChI is InChI=1S/C19H22ClN3O/c1-14-4-5-17(9-18(14)20)19(24)22-11-16-6-8-23(13-16)12-15-3-2-7-21-10-15/h2-5,7,9-10,16H,6,8,11-13H2,1H3,(H,22,24)/t16-/m0/s1. The zero-order chi connectivity index (χ0) is 16.9. The first-order valence-corrected chi connectivity index (χ1v) is 8.65. The van der Waals surface area contributed by atoms with Crippen LogP contribution in [0.5, 0.6) is 0 Å². The van der Waals surface area contributed by atoms with Crippen LogP contribution in [0.15, 0.2) is 42.7 Å². The lowest BCUT2D eigenvalue weighted by Crippen LogP contribution is -2.31. The lowest BCUT2D eigenvalue weighted by atomic mass is 10.1. The summed E-state index contributed by atoms with van der Waals surface area (Å²) in [7, 11) is 0. The predicted octanol–water partition coefficient (Wildman–Crippen LogP) is 3.30. The molecular formula is C19H22ClN3O. The average molecular weight is 344 g/mol. The number of pyridine rings is 1. The molecule has 2 heterocycles. The van der Waals surface area contributed by atoms with Crippen LogP contribution in [0.3, 0.4) is 0 Å². The minimum atomic E-state index is -0.0531. The summed E-state index contributed by atoms with van der Waals surface area (Å²) in [5, 5.41) is 3.67. The van der Waals surface area contributed by atoms with Crippen LogP contribution in [-0.2, 0) is 6.54 Å². The number of aryl methyl sites for hydroxylation is 1. The van der Waals surface area contributed by atoms with Crippen molar-refractivity contribution < 1.29 is 4.79 Å². The van der Waals surface area contributed by atoms with Crippen molar-refractivity contribution in [1.29, 1.82) is 0 Å². The number of hydrogen-bond acceptors (Lipinski definition) is 3. The van der Waals surface area contributed by atoms with Crippen molar-refractivity contribution in [2.45, 2.75) is 19.9 Å². The van der Waals surface area contributed by atoms with Crippen molar-refractivity contribution in [1.82, 2.24) is 15.2 Å². The Bertz CT molecular complexity index is 705. The molecule has 0 saturated carbocycles. The molecule has 126 valence electrons. The maximum absolute atomic E-state index is 12.2. The third kappa shape index (κ3) is 4.34. The van der Waals surface area contributed by atoms with Gasteiger partial charge in [0.05, 0.1) is 0 Å². The Kier molecular flexibility index (Phi) is 5.48. The van der Waals surface area contributed by atoms with Crippen molar-refractivity contribution in [3.63, 3.8) is 0 Å². The number of benzene rings is 1. The molecular weight excluding hydrogens is 322 g/mol. The fraction of sp³-hybridized carbons (Fsp3) is 0.368. The molecule has 0 unspecified atom stereocenters. The van der Waals surface area contributed by atoms with Crippen LogP contribution in [0, 0.1) is 12.8 Å². The number of halogens is 1. The molecule has 1 atom stereocenters. The first-order valence-electron chi connectivity index (χ1n) is 8.27. The maximum Gasteiger partial charge on any atom is 0.251 e. The normalized spacial score (nSPS) is 17.8. The monoisotopic (exact) mass is 343 g/mol. The van der Waals surface area contributed by atoms with Gasteiger partial charge in [-0.2, -0.15) is 0 Å². The highest BCUT2D eigenvalue weighted by molar-refractivity contribution is 6.31. The number of carbonyl (C=O) groups is 1. The van der Waals surface area contributed by atoms with Crippen LogP contribution in [-0.4, -0.2) is 35.4 Å². The lowest BCUT2D eigenvalue weighted by Gasteiger charge is -2.16. The Balaban J connectivity index is 1.47. The summed E-state index contributed by atoms with van der Waals surface area (Å²) in [5.74, 6) is 0.439. The van der Waals surface area contributed by atoms with Crippen molar-refractivity contribution in [3.05, 3.63) is 64.4 Å². The van der Waals surface area contributed by atoms with Gasteiger partial charge < -0.3 is 5.32 Å². The lowest BCUT2D eigenvalue weighted by molar-refractivity contribution is 0.0947. The molecule has 4 nitrogen and oxygen atoms in total. The Morgan fingerprint density at radius 2 is 2.29 bits per heavy atom. The van der Waals surface area contributed by atoms with E-state index >= 15 is 0 Å². The first kappa shape index (κ1) is 16.9. The van der Waals surface area contributed by atoms with Crippen molar-refractivity contribution >= 4 is 17.5 Å². The van der Waals surface area contributed by atoms with Crippen molar-refractivity contribution in [2.24, 2.45) is 5.92 Å². The summed E-state index contributed by atoms with van der Waals surface area (Å²) < 4.78 is 0. The number of nitrogens with one attached hydrogen (secondary N) is 1. The topological polar surface area (TPSA) is 45.2 Å². The van der Waals surface area contributed by atoms with Crippen LogP contribution in [0.1, 0.15) is 27.9 Å². The van der Waals surface area contributed by atoms with E-state index in [1.54, 1.807) is 12.3 Å². The third-order valence-electron chi connectivity index (χ3n) is 4.48. The van der Waals surface area contributed by atoms with Gasteiger partial charge in [-0.3, -0.25) is 14.7 Å². The number of nitrogens with zero attached hydrogens (tertiary/aromatic N) is 2. The smallest absolute Gasteiger partial charge is 0.251 e. The molecule has 1 aromatic heterocycles. The fourth-order valence-electron chi connectivity index (χ4n) is 3.05. The van der Waals surface area contributed by atoms with Crippen LogP contribution in [0.25, 0.3) is 0 Å². The highest BCUT2D eigenvalue weighted by atomic mass is 35.5. The van der Waals surface area contributed by atoms with Gasteiger partial charge in [0, 0.05) is 42.6 Å². The van der Waals surface area contributed by atoms with Crippen molar-refractivity contribution in [2.75, 3.05) is 19.6 Å². The molecule has 1 amide bonds. The van der Waals surface area contributed by atoms with Crippen LogP contribution >= 0.6 is 11.6 Å². The summed E-state index contributed by atoms with van der Waals surface area (Å²) in [4.78, 5) is 18.8. The molecule has 1 fully saturated rings. The molecule has 1 N–H and O–H groups in total. The number of amides is 1. The van der Waals surface area contributed by atoms with Gasteiger partial charge in [-0.05, 0) is 55.1 Å². The molecule has 5 heteroatoms. The third-order valence-corrected chi connectivity index (χ3v) is 4.89. The summed E-state index contributed by atoms with van der Waals surface area (Å²) >= 11 is 6.09. The zero-order valence-corrected chi connectivity index (χ0v) is 14.6. The van der Waals surface area contributed by atoms with Gasteiger partial charge in [0.2, 0.25) is 0 Å². The van der Waals surface area contributed by atoms with E-state index in [2.05, 4.69) is 21.3 Å². The van der Waals surface area contributed by atoms with Gasteiger partial charge in [0.15, 0.2) is 0 Å². The van der Waals surface area contributed by atoms with Crippen LogP contribution in [0.2, 0.25) is 5.02 Å². The highest BCUT2D eigenvalue weighted by Gasteiger charge is 2.23. The van der Waals surface area contributed by atoms with Crippen molar-refractivity contribution in [3.8, 4) is 0 Å². The predicted molar refractivity (Wildman–Crippen MR) is 96.1 cm³/mol. The van der Waals surface area contributed by atoms with E-state index in [1.165, 1.54) is 5.56 Å². The molecule has 1 aromatic carbocycles.